The summed E-state index contributed by atoms with van der Waals surface area (Å²) in [6.45, 7) is 7.80. The van der Waals surface area contributed by atoms with Gasteiger partial charge in [0.2, 0.25) is 0 Å². The molecule has 1 aliphatic rings. The lowest BCUT2D eigenvalue weighted by Crippen LogP contribution is -2.43. The van der Waals surface area contributed by atoms with Crippen LogP contribution in [0.15, 0.2) is 29.2 Å². The van der Waals surface area contributed by atoms with Crippen molar-refractivity contribution in [2.24, 2.45) is 0 Å². The number of rotatable bonds is 13. The molecule has 1 fully saturated rings. The molecule has 0 saturated carbocycles. The van der Waals surface area contributed by atoms with Crippen molar-refractivity contribution in [1.82, 2.24) is 9.80 Å². The molecule has 30 heavy (non-hydrogen) atoms. The molecule has 7 nitrogen and oxygen atoms in total. The summed E-state index contributed by atoms with van der Waals surface area (Å²) in [5.74, 6) is -0.111. The summed E-state index contributed by atoms with van der Waals surface area (Å²) in [5.41, 5.74) is 0.526. The molecule has 1 aromatic carbocycles. The van der Waals surface area contributed by atoms with Gasteiger partial charge >= 0.3 is 0 Å². The van der Waals surface area contributed by atoms with Crippen LogP contribution in [0.2, 0.25) is 0 Å². The van der Waals surface area contributed by atoms with E-state index >= 15 is 0 Å². The van der Waals surface area contributed by atoms with Gasteiger partial charge in [-0.2, -0.15) is 0 Å². The molecule has 1 saturated heterocycles. The first kappa shape index (κ1) is 24.8. The molecule has 8 heteroatoms. The third kappa shape index (κ3) is 7.98. The van der Waals surface area contributed by atoms with Crippen LogP contribution >= 0.6 is 0 Å². The van der Waals surface area contributed by atoms with E-state index in [1.54, 1.807) is 12.1 Å². The maximum atomic E-state index is 13.1. The van der Waals surface area contributed by atoms with Gasteiger partial charge in [0.05, 0.1) is 30.5 Å². The van der Waals surface area contributed by atoms with Crippen molar-refractivity contribution in [3.05, 3.63) is 29.8 Å². The number of morpholine rings is 1. The van der Waals surface area contributed by atoms with Gasteiger partial charge in [0.15, 0.2) is 9.84 Å². The van der Waals surface area contributed by atoms with E-state index in [1.807, 2.05) is 4.90 Å². The molecule has 2 rings (SSSR count). The summed E-state index contributed by atoms with van der Waals surface area (Å²) < 4.78 is 34.9. The number of benzene rings is 1. The highest BCUT2D eigenvalue weighted by atomic mass is 32.2. The highest BCUT2D eigenvalue weighted by Gasteiger charge is 2.20. The Morgan fingerprint density at radius 2 is 1.80 bits per heavy atom. The number of carbonyl (C=O) groups excluding carboxylic acids is 1. The maximum absolute atomic E-state index is 13.1. The van der Waals surface area contributed by atoms with Crippen LogP contribution in [0.4, 0.5) is 0 Å². The molecular formula is C22H36N2O5S. The lowest BCUT2D eigenvalue weighted by Gasteiger charge is -2.30. The number of methoxy groups -OCH3 is 1. The molecule has 0 aromatic heterocycles. The molecular weight excluding hydrogens is 404 g/mol. The number of sulfone groups is 1. The maximum Gasteiger partial charge on any atom is 0.253 e. The van der Waals surface area contributed by atoms with Gasteiger partial charge in [0.25, 0.3) is 5.91 Å². The first-order valence-corrected chi connectivity index (χ1v) is 12.5. The van der Waals surface area contributed by atoms with E-state index < -0.39 is 9.84 Å². The molecule has 1 aromatic rings. The van der Waals surface area contributed by atoms with Crippen LogP contribution in [-0.2, 0) is 19.3 Å². The van der Waals surface area contributed by atoms with E-state index in [9.17, 15) is 13.2 Å². The highest BCUT2D eigenvalue weighted by Crippen LogP contribution is 2.15. The average molecular weight is 441 g/mol. The molecule has 0 atom stereocenters. The second-order valence-corrected chi connectivity index (χ2v) is 9.75. The predicted octanol–water partition coefficient (Wildman–Crippen LogP) is 2.46. The predicted molar refractivity (Wildman–Crippen MR) is 118 cm³/mol. The van der Waals surface area contributed by atoms with Crippen molar-refractivity contribution in [3.63, 3.8) is 0 Å². The molecule has 1 amide bonds. The van der Waals surface area contributed by atoms with Crippen molar-refractivity contribution in [3.8, 4) is 0 Å². The molecule has 1 heterocycles. The van der Waals surface area contributed by atoms with Gasteiger partial charge in [-0.1, -0.05) is 26.2 Å². The standard InChI is InChI=1S/C22H36N2O5S/c1-3-4-5-6-11-24(13-12-23-14-16-29-17-15-23)22(25)20-7-9-21(10-8-20)30(26,27)19-18-28-2/h7-10H,3-6,11-19H2,1-2H3. The summed E-state index contributed by atoms with van der Waals surface area (Å²) in [7, 11) is -1.92. The third-order valence-electron chi connectivity index (χ3n) is 5.38. The lowest BCUT2D eigenvalue weighted by atomic mass is 10.1. The van der Waals surface area contributed by atoms with Crippen molar-refractivity contribution in [2.45, 2.75) is 37.5 Å². The summed E-state index contributed by atoms with van der Waals surface area (Å²) >= 11 is 0. The van der Waals surface area contributed by atoms with Gasteiger partial charge in [-0.3, -0.25) is 9.69 Å². The monoisotopic (exact) mass is 440 g/mol. The van der Waals surface area contributed by atoms with E-state index in [4.69, 9.17) is 9.47 Å². The molecule has 0 radical (unpaired) electrons. The van der Waals surface area contributed by atoms with Crippen molar-refractivity contribution in [2.75, 3.05) is 65.4 Å². The van der Waals surface area contributed by atoms with Gasteiger partial charge in [-0.25, -0.2) is 8.42 Å². The fraction of sp³-hybridized carbons (Fsp3) is 0.682. The molecule has 0 bridgehead atoms. The molecule has 0 N–H and O–H groups in total. The topological polar surface area (TPSA) is 76.2 Å². The largest absolute Gasteiger partial charge is 0.384 e. The Labute approximate surface area is 181 Å². The zero-order valence-electron chi connectivity index (χ0n) is 18.3. The molecule has 170 valence electrons. The van der Waals surface area contributed by atoms with Gasteiger partial charge in [0.1, 0.15) is 0 Å². The van der Waals surface area contributed by atoms with Crippen LogP contribution in [0.3, 0.4) is 0 Å². The van der Waals surface area contributed by atoms with Gasteiger partial charge in [0, 0.05) is 45.4 Å². The van der Waals surface area contributed by atoms with E-state index in [-0.39, 0.29) is 23.2 Å². The van der Waals surface area contributed by atoms with Crippen molar-refractivity contribution < 1.29 is 22.7 Å². The second kappa shape index (κ2) is 13.0. The molecule has 0 aliphatic carbocycles. The summed E-state index contributed by atoms with van der Waals surface area (Å²) in [6.07, 6.45) is 4.40. The number of nitrogens with zero attached hydrogens (tertiary/aromatic N) is 2. The average Bonchev–Trinajstić information content (AvgIpc) is 2.77. The Balaban J connectivity index is 2.03. The third-order valence-corrected chi connectivity index (χ3v) is 7.07. The number of carbonyl (C=O) groups is 1. The van der Waals surface area contributed by atoms with Gasteiger partial charge in [-0.15, -0.1) is 0 Å². The Hall–Kier alpha value is -1.48. The molecule has 0 spiro atoms. The summed E-state index contributed by atoms with van der Waals surface area (Å²) in [4.78, 5) is 17.6. The van der Waals surface area contributed by atoms with E-state index in [2.05, 4.69) is 11.8 Å². The molecule has 0 unspecified atom stereocenters. The fourth-order valence-corrected chi connectivity index (χ4v) is 4.60. The first-order chi connectivity index (χ1) is 14.5. The minimum Gasteiger partial charge on any atom is -0.384 e. The Kier molecular flexibility index (Phi) is 10.8. The van der Waals surface area contributed by atoms with Crippen LogP contribution < -0.4 is 0 Å². The first-order valence-electron chi connectivity index (χ1n) is 10.9. The second-order valence-electron chi connectivity index (χ2n) is 7.64. The summed E-state index contributed by atoms with van der Waals surface area (Å²) in [5, 5.41) is 0. The van der Waals surface area contributed by atoms with Gasteiger partial charge in [-0.05, 0) is 30.7 Å². The van der Waals surface area contributed by atoms with Crippen molar-refractivity contribution in [1.29, 1.82) is 0 Å². The van der Waals surface area contributed by atoms with Crippen LogP contribution in [-0.4, -0.2) is 89.5 Å². The van der Waals surface area contributed by atoms with E-state index in [0.29, 0.717) is 12.1 Å². The minimum atomic E-state index is -3.40. The number of unbranched alkanes of at least 4 members (excludes halogenated alkanes) is 3. The quantitative estimate of drug-likeness (QED) is 0.439. The normalized spacial score (nSPS) is 15.3. The van der Waals surface area contributed by atoms with Crippen LogP contribution in [0.1, 0.15) is 43.0 Å². The highest BCUT2D eigenvalue weighted by molar-refractivity contribution is 7.91. The van der Waals surface area contributed by atoms with E-state index in [0.717, 1.165) is 58.7 Å². The lowest BCUT2D eigenvalue weighted by molar-refractivity contribution is 0.0324. The zero-order chi connectivity index (χ0) is 21.8. The summed E-state index contributed by atoms with van der Waals surface area (Å²) in [6, 6.07) is 6.29. The number of hydrogen-bond acceptors (Lipinski definition) is 6. The Morgan fingerprint density at radius 3 is 2.43 bits per heavy atom. The number of hydrogen-bond donors (Lipinski definition) is 0. The number of amides is 1. The fourth-order valence-electron chi connectivity index (χ4n) is 3.43. The molecule has 1 aliphatic heterocycles. The van der Waals surface area contributed by atoms with Crippen LogP contribution in [0, 0.1) is 0 Å². The van der Waals surface area contributed by atoms with Gasteiger partial charge < -0.3 is 14.4 Å². The zero-order valence-corrected chi connectivity index (χ0v) is 19.2. The minimum absolute atomic E-state index is 0.0411. The smallest absolute Gasteiger partial charge is 0.253 e. The Morgan fingerprint density at radius 1 is 1.10 bits per heavy atom. The van der Waals surface area contributed by atoms with Crippen molar-refractivity contribution >= 4 is 15.7 Å². The van der Waals surface area contributed by atoms with Crippen LogP contribution in [0.25, 0.3) is 0 Å². The SMILES string of the molecule is CCCCCCN(CCN1CCOCC1)C(=O)c1ccc(S(=O)(=O)CCOC)cc1. The Bertz CT molecular complexity index is 730. The van der Waals surface area contributed by atoms with E-state index in [1.165, 1.54) is 25.7 Å². The number of ether oxygens (including phenoxy) is 2. The van der Waals surface area contributed by atoms with Crippen LogP contribution in [0.5, 0.6) is 0 Å².